The van der Waals surface area contributed by atoms with Crippen LogP contribution >= 0.6 is 11.8 Å². The van der Waals surface area contributed by atoms with Gasteiger partial charge in [-0.05, 0) is 35.7 Å². The maximum Gasteiger partial charge on any atom is -0.00341 e. The molecule has 1 saturated heterocycles. The van der Waals surface area contributed by atoms with Crippen molar-refractivity contribution in [3.8, 4) is 0 Å². The molecule has 1 aliphatic rings. The molecule has 0 saturated carbocycles. The van der Waals surface area contributed by atoms with E-state index in [1.807, 2.05) is 0 Å². The molecule has 10 heavy (non-hydrogen) atoms. The highest BCUT2D eigenvalue weighted by molar-refractivity contribution is 7.99. The Morgan fingerprint density at radius 3 is 2.30 bits per heavy atom. The number of hydrogen-bond donors (Lipinski definition) is 0. The van der Waals surface area contributed by atoms with Crippen molar-refractivity contribution in [1.82, 2.24) is 0 Å². The molecule has 1 aliphatic heterocycles. The highest BCUT2D eigenvalue weighted by atomic mass is 32.2. The first kappa shape index (κ1) is 8.45. The monoisotopic (exact) mass is 158 g/mol. The molecule has 1 atom stereocenters. The van der Waals surface area contributed by atoms with Crippen molar-refractivity contribution in [2.45, 2.75) is 33.6 Å². The Bertz CT molecular complexity index is 95.8. The Morgan fingerprint density at radius 2 is 2.00 bits per heavy atom. The van der Waals surface area contributed by atoms with Crippen LogP contribution in [-0.2, 0) is 0 Å². The summed E-state index contributed by atoms with van der Waals surface area (Å²) in [5.41, 5.74) is 0.549. The lowest BCUT2D eigenvalue weighted by Gasteiger charge is -2.33. The lowest BCUT2D eigenvalue weighted by molar-refractivity contribution is 0.247. The first-order valence-corrected chi connectivity index (χ1v) is 5.34. The Kier molecular flexibility index (Phi) is 2.67. The van der Waals surface area contributed by atoms with Crippen molar-refractivity contribution < 1.29 is 0 Å². The number of thioether (sulfide) groups is 1. The molecular weight excluding hydrogens is 140 g/mol. The van der Waals surface area contributed by atoms with E-state index in [9.17, 15) is 0 Å². The molecule has 1 heteroatoms. The largest absolute Gasteiger partial charge is 0.162 e. The minimum atomic E-state index is 0.549. The second kappa shape index (κ2) is 3.17. The van der Waals surface area contributed by atoms with Gasteiger partial charge in [-0.2, -0.15) is 11.8 Å². The summed E-state index contributed by atoms with van der Waals surface area (Å²) in [4.78, 5) is 0. The summed E-state index contributed by atoms with van der Waals surface area (Å²) in [7, 11) is 0. The molecule has 0 bridgehead atoms. The van der Waals surface area contributed by atoms with Gasteiger partial charge in [-0.15, -0.1) is 0 Å². The molecule has 1 rings (SSSR count). The topological polar surface area (TPSA) is 0 Å². The van der Waals surface area contributed by atoms with Crippen LogP contribution in [0.15, 0.2) is 0 Å². The van der Waals surface area contributed by atoms with Crippen molar-refractivity contribution in [1.29, 1.82) is 0 Å². The normalized spacial score (nSPS) is 28.5. The number of rotatable bonds is 0. The molecule has 0 radical (unpaired) electrons. The maximum atomic E-state index is 2.36. The standard InChI is InChI=1S/C9H18S/c1-9(2,3)8-5-4-6-10-7-8/h8H,4-7H2,1-3H3/t8-/m1/s1. The van der Waals surface area contributed by atoms with E-state index in [4.69, 9.17) is 0 Å². The van der Waals surface area contributed by atoms with Gasteiger partial charge in [0, 0.05) is 0 Å². The van der Waals surface area contributed by atoms with Gasteiger partial charge in [-0.1, -0.05) is 20.8 Å². The molecular formula is C9H18S. The lowest BCUT2D eigenvalue weighted by atomic mass is 9.79. The van der Waals surface area contributed by atoms with Gasteiger partial charge in [0.05, 0.1) is 0 Å². The predicted molar refractivity (Wildman–Crippen MR) is 49.5 cm³/mol. The first-order chi connectivity index (χ1) is 4.61. The second-order valence-electron chi connectivity index (χ2n) is 4.28. The third-order valence-electron chi connectivity index (χ3n) is 2.39. The zero-order valence-corrected chi connectivity index (χ0v) is 8.13. The third-order valence-corrected chi connectivity index (χ3v) is 3.60. The fourth-order valence-electron chi connectivity index (χ4n) is 1.42. The van der Waals surface area contributed by atoms with Gasteiger partial charge < -0.3 is 0 Å². The summed E-state index contributed by atoms with van der Waals surface area (Å²) < 4.78 is 0. The summed E-state index contributed by atoms with van der Waals surface area (Å²) in [5, 5.41) is 0. The van der Waals surface area contributed by atoms with E-state index in [-0.39, 0.29) is 0 Å². The quantitative estimate of drug-likeness (QED) is 0.522. The van der Waals surface area contributed by atoms with Gasteiger partial charge in [0.1, 0.15) is 0 Å². The van der Waals surface area contributed by atoms with Gasteiger partial charge in [-0.25, -0.2) is 0 Å². The molecule has 0 amide bonds. The highest BCUT2D eigenvalue weighted by Crippen LogP contribution is 2.35. The molecule has 60 valence electrons. The third kappa shape index (κ3) is 2.19. The van der Waals surface area contributed by atoms with Crippen LogP contribution < -0.4 is 0 Å². The van der Waals surface area contributed by atoms with E-state index >= 15 is 0 Å². The highest BCUT2D eigenvalue weighted by Gasteiger charge is 2.25. The van der Waals surface area contributed by atoms with Crippen LogP contribution in [0.25, 0.3) is 0 Å². The zero-order chi connectivity index (χ0) is 7.61. The summed E-state index contributed by atoms with van der Waals surface area (Å²) in [6.07, 6.45) is 2.89. The van der Waals surface area contributed by atoms with Crippen LogP contribution in [0, 0.1) is 11.3 Å². The minimum absolute atomic E-state index is 0.549. The zero-order valence-electron chi connectivity index (χ0n) is 7.31. The van der Waals surface area contributed by atoms with Crippen LogP contribution in [-0.4, -0.2) is 11.5 Å². The smallest absolute Gasteiger partial charge is 0.00341 e. The molecule has 1 fully saturated rings. The average Bonchev–Trinajstić information content (AvgIpc) is 1.88. The van der Waals surface area contributed by atoms with Crippen molar-refractivity contribution in [3.63, 3.8) is 0 Å². The van der Waals surface area contributed by atoms with Crippen molar-refractivity contribution in [3.05, 3.63) is 0 Å². The first-order valence-electron chi connectivity index (χ1n) is 4.18. The average molecular weight is 158 g/mol. The van der Waals surface area contributed by atoms with Gasteiger partial charge in [0.15, 0.2) is 0 Å². The van der Waals surface area contributed by atoms with E-state index in [0.29, 0.717) is 5.41 Å². The predicted octanol–water partition coefficient (Wildman–Crippen LogP) is 3.18. The molecule has 0 aromatic carbocycles. The Labute approximate surface area is 68.8 Å². The van der Waals surface area contributed by atoms with E-state index in [0.717, 1.165) is 5.92 Å². The van der Waals surface area contributed by atoms with Crippen LogP contribution in [0.5, 0.6) is 0 Å². The summed E-state index contributed by atoms with van der Waals surface area (Å²) in [6, 6.07) is 0. The fourth-order valence-corrected chi connectivity index (χ4v) is 2.91. The minimum Gasteiger partial charge on any atom is -0.162 e. The van der Waals surface area contributed by atoms with Crippen molar-refractivity contribution in [2.75, 3.05) is 11.5 Å². The van der Waals surface area contributed by atoms with Crippen molar-refractivity contribution in [2.24, 2.45) is 11.3 Å². The van der Waals surface area contributed by atoms with Gasteiger partial charge in [0.2, 0.25) is 0 Å². The molecule has 0 spiro atoms. The van der Waals surface area contributed by atoms with E-state index < -0.39 is 0 Å². The Morgan fingerprint density at radius 1 is 1.30 bits per heavy atom. The Hall–Kier alpha value is 0.350. The molecule has 0 nitrogen and oxygen atoms in total. The molecule has 0 aromatic heterocycles. The second-order valence-corrected chi connectivity index (χ2v) is 5.43. The number of hydrogen-bond acceptors (Lipinski definition) is 1. The van der Waals surface area contributed by atoms with Gasteiger partial charge in [-0.3, -0.25) is 0 Å². The SMILES string of the molecule is CC(C)(C)[C@@H]1CCCSC1. The van der Waals surface area contributed by atoms with Gasteiger partial charge >= 0.3 is 0 Å². The molecule has 0 aliphatic carbocycles. The maximum absolute atomic E-state index is 2.36. The summed E-state index contributed by atoms with van der Waals surface area (Å²) in [5.74, 6) is 3.75. The summed E-state index contributed by atoms with van der Waals surface area (Å²) in [6.45, 7) is 7.09. The molecule has 0 aromatic rings. The van der Waals surface area contributed by atoms with Gasteiger partial charge in [0.25, 0.3) is 0 Å². The molecule has 0 N–H and O–H groups in total. The van der Waals surface area contributed by atoms with E-state index in [1.54, 1.807) is 0 Å². The van der Waals surface area contributed by atoms with Crippen LogP contribution in [0.4, 0.5) is 0 Å². The summed E-state index contributed by atoms with van der Waals surface area (Å²) >= 11 is 2.13. The molecule has 1 heterocycles. The lowest BCUT2D eigenvalue weighted by Crippen LogP contribution is -2.25. The van der Waals surface area contributed by atoms with E-state index in [2.05, 4.69) is 32.5 Å². The van der Waals surface area contributed by atoms with Crippen molar-refractivity contribution >= 4 is 11.8 Å². The van der Waals surface area contributed by atoms with E-state index in [1.165, 1.54) is 24.3 Å². The Balaban J connectivity index is 2.39. The van der Waals surface area contributed by atoms with Crippen LogP contribution in [0.3, 0.4) is 0 Å². The van der Waals surface area contributed by atoms with Crippen LogP contribution in [0.1, 0.15) is 33.6 Å². The molecule has 0 unspecified atom stereocenters. The van der Waals surface area contributed by atoms with Crippen LogP contribution in [0.2, 0.25) is 0 Å². The fraction of sp³-hybridized carbons (Fsp3) is 1.00.